The first-order chi connectivity index (χ1) is 12.8. The molecule has 0 unspecified atom stereocenters. The van der Waals surface area contributed by atoms with Gasteiger partial charge < -0.3 is 14.4 Å². The van der Waals surface area contributed by atoms with Crippen LogP contribution in [0.4, 0.5) is 5.69 Å². The maximum atomic E-state index is 12.3. The van der Waals surface area contributed by atoms with Crippen molar-refractivity contribution in [1.82, 2.24) is 9.97 Å². The standard InChI is InChI=1S/C19H19N3O3S/c1-2-25-19(23)16-17-15(7-12-26-17)20-18(21-16)13-3-5-14(6-4-13)22-8-10-24-11-9-22/h3-7,12H,2,8-11H2,1H3. The van der Waals surface area contributed by atoms with Gasteiger partial charge in [0.05, 0.1) is 30.0 Å². The van der Waals surface area contributed by atoms with Crippen molar-refractivity contribution in [3.8, 4) is 11.4 Å². The van der Waals surface area contributed by atoms with E-state index in [1.165, 1.54) is 11.3 Å². The van der Waals surface area contributed by atoms with E-state index in [4.69, 9.17) is 9.47 Å². The van der Waals surface area contributed by atoms with Gasteiger partial charge in [-0.15, -0.1) is 11.3 Å². The Morgan fingerprint density at radius 2 is 1.96 bits per heavy atom. The van der Waals surface area contributed by atoms with E-state index in [0.717, 1.165) is 47.8 Å². The Labute approximate surface area is 155 Å². The van der Waals surface area contributed by atoms with Gasteiger partial charge in [0.1, 0.15) is 0 Å². The van der Waals surface area contributed by atoms with Crippen molar-refractivity contribution < 1.29 is 14.3 Å². The molecule has 0 radical (unpaired) electrons. The lowest BCUT2D eigenvalue weighted by Crippen LogP contribution is -2.36. The molecule has 0 spiro atoms. The first-order valence-electron chi connectivity index (χ1n) is 8.62. The van der Waals surface area contributed by atoms with Gasteiger partial charge in [-0.3, -0.25) is 0 Å². The number of carbonyl (C=O) groups is 1. The van der Waals surface area contributed by atoms with Gasteiger partial charge in [0.2, 0.25) is 0 Å². The third-order valence-corrected chi connectivity index (χ3v) is 5.18. The number of fused-ring (bicyclic) bond motifs is 1. The second kappa shape index (κ2) is 7.39. The van der Waals surface area contributed by atoms with Crippen LogP contribution in [-0.2, 0) is 9.47 Å². The molecule has 1 aromatic carbocycles. The normalized spacial score (nSPS) is 14.6. The molecule has 0 N–H and O–H groups in total. The summed E-state index contributed by atoms with van der Waals surface area (Å²) in [5.74, 6) is 0.126. The Bertz CT molecular complexity index is 917. The minimum atomic E-state index is -0.409. The second-order valence-corrected chi connectivity index (χ2v) is 6.81. The summed E-state index contributed by atoms with van der Waals surface area (Å²) >= 11 is 1.45. The fourth-order valence-electron chi connectivity index (χ4n) is 2.97. The number of nitrogens with zero attached hydrogens (tertiary/aromatic N) is 3. The van der Waals surface area contributed by atoms with Crippen molar-refractivity contribution in [3.63, 3.8) is 0 Å². The van der Waals surface area contributed by atoms with Crippen LogP contribution in [-0.4, -0.2) is 48.8 Å². The lowest BCUT2D eigenvalue weighted by Gasteiger charge is -2.28. The summed E-state index contributed by atoms with van der Waals surface area (Å²) < 4.78 is 11.3. The van der Waals surface area contributed by atoms with Crippen LogP contribution in [0.1, 0.15) is 17.4 Å². The molecule has 26 heavy (non-hydrogen) atoms. The molecule has 2 aromatic heterocycles. The molecule has 1 saturated heterocycles. The quantitative estimate of drug-likeness (QED) is 0.657. The van der Waals surface area contributed by atoms with Gasteiger partial charge in [-0.1, -0.05) is 0 Å². The monoisotopic (exact) mass is 369 g/mol. The summed E-state index contributed by atoms with van der Waals surface area (Å²) in [7, 11) is 0. The van der Waals surface area contributed by atoms with Crippen LogP contribution >= 0.6 is 11.3 Å². The molecular weight excluding hydrogens is 350 g/mol. The van der Waals surface area contributed by atoms with Gasteiger partial charge in [0, 0.05) is 24.3 Å². The average molecular weight is 369 g/mol. The summed E-state index contributed by atoms with van der Waals surface area (Å²) in [6, 6.07) is 10.0. The van der Waals surface area contributed by atoms with E-state index in [0.29, 0.717) is 18.1 Å². The zero-order valence-electron chi connectivity index (χ0n) is 14.5. The molecule has 0 saturated carbocycles. The summed E-state index contributed by atoms with van der Waals surface area (Å²) in [4.78, 5) is 23.7. The molecule has 0 aliphatic carbocycles. The van der Waals surface area contributed by atoms with Gasteiger partial charge in [0.15, 0.2) is 11.5 Å². The number of rotatable bonds is 4. The van der Waals surface area contributed by atoms with E-state index < -0.39 is 5.97 Å². The van der Waals surface area contributed by atoms with Crippen LogP contribution in [0, 0.1) is 0 Å². The smallest absolute Gasteiger partial charge is 0.358 e. The fourth-order valence-corrected chi connectivity index (χ4v) is 3.78. The molecule has 1 aliphatic heterocycles. The van der Waals surface area contributed by atoms with Crippen molar-refractivity contribution in [2.45, 2.75) is 6.92 Å². The summed E-state index contributed by atoms with van der Waals surface area (Å²) in [6.07, 6.45) is 0. The van der Waals surface area contributed by atoms with Crippen LogP contribution in [0.2, 0.25) is 0 Å². The highest BCUT2D eigenvalue weighted by atomic mass is 32.1. The number of esters is 1. The highest BCUT2D eigenvalue weighted by Gasteiger charge is 2.18. The van der Waals surface area contributed by atoms with Crippen molar-refractivity contribution in [2.24, 2.45) is 0 Å². The van der Waals surface area contributed by atoms with Gasteiger partial charge in [-0.05, 0) is 42.6 Å². The van der Waals surface area contributed by atoms with Crippen molar-refractivity contribution in [3.05, 3.63) is 41.4 Å². The Balaban J connectivity index is 1.68. The van der Waals surface area contributed by atoms with Gasteiger partial charge in [-0.2, -0.15) is 0 Å². The lowest BCUT2D eigenvalue weighted by atomic mass is 10.1. The zero-order chi connectivity index (χ0) is 17.9. The molecule has 0 amide bonds. The number of hydrogen-bond donors (Lipinski definition) is 0. The van der Waals surface area contributed by atoms with Crippen molar-refractivity contribution in [2.75, 3.05) is 37.8 Å². The first-order valence-corrected chi connectivity index (χ1v) is 9.49. The molecule has 0 atom stereocenters. The molecule has 1 fully saturated rings. The number of thiophene rings is 1. The minimum absolute atomic E-state index is 0.319. The predicted molar refractivity (Wildman–Crippen MR) is 102 cm³/mol. The highest BCUT2D eigenvalue weighted by Crippen LogP contribution is 2.27. The molecule has 0 bridgehead atoms. The van der Waals surface area contributed by atoms with E-state index in [1.807, 2.05) is 23.6 Å². The van der Waals surface area contributed by atoms with Crippen molar-refractivity contribution >= 4 is 33.2 Å². The summed E-state index contributed by atoms with van der Waals surface area (Å²) in [5.41, 5.74) is 3.12. The number of hydrogen-bond acceptors (Lipinski definition) is 7. The maximum Gasteiger partial charge on any atom is 0.358 e. The number of benzene rings is 1. The SMILES string of the molecule is CCOC(=O)c1nc(-c2ccc(N3CCOCC3)cc2)nc2ccsc12. The maximum absolute atomic E-state index is 12.3. The number of morpholine rings is 1. The van der Waals surface area contributed by atoms with Crippen LogP contribution < -0.4 is 4.90 Å². The van der Waals surface area contributed by atoms with Crippen LogP contribution in [0.25, 0.3) is 21.6 Å². The molecule has 1 aliphatic rings. The third kappa shape index (κ3) is 3.27. The van der Waals surface area contributed by atoms with Gasteiger partial charge >= 0.3 is 5.97 Å². The van der Waals surface area contributed by atoms with Crippen LogP contribution in [0.5, 0.6) is 0 Å². The van der Waals surface area contributed by atoms with Crippen molar-refractivity contribution in [1.29, 1.82) is 0 Å². The number of anilines is 1. The van der Waals surface area contributed by atoms with E-state index in [-0.39, 0.29) is 0 Å². The Morgan fingerprint density at radius 1 is 1.19 bits per heavy atom. The second-order valence-electron chi connectivity index (χ2n) is 5.90. The fraction of sp³-hybridized carbons (Fsp3) is 0.316. The lowest BCUT2D eigenvalue weighted by molar-refractivity contribution is 0.0522. The highest BCUT2D eigenvalue weighted by molar-refractivity contribution is 7.17. The molecule has 4 rings (SSSR count). The molecule has 7 heteroatoms. The topological polar surface area (TPSA) is 64.5 Å². The Hall–Kier alpha value is -2.51. The Morgan fingerprint density at radius 3 is 2.69 bits per heavy atom. The molecule has 3 heterocycles. The summed E-state index contributed by atoms with van der Waals surface area (Å²) in [6.45, 7) is 5.40. The molecule has 6 nitrogen and oxygen atoms in total. The largest absolute Gasteiger partial charge is 0.461 e. The van der Waals surface area contributed by atoms with E-state index >= 15 is 0 Å². The average Bonchev–Trinajstić information content (AvgIpc) is 3.17. The third-order valence-electron chi connectivity index (χ3n) is 4.27. The number of aromatic nitrogens is 2. The predicted octanol–water partition coefficient (Wildman–Crippen LogP) is 3.37. The number of ether oxygens (including phenoxy) is 2. The van der Waals surface area contributed by atoms with Crippen LogP contribution in [0.3, 0.4) is 0 Å². The zero-order valence-corrected chi connectivity index (χ0v) is 15.3. The molecular formula is C19H19N3O3S. The Kier molecular flexibility index (Phi) is 4.81. The van der Waals surface area contributed by atoms with Gasteiger partial charge in [-0.25, -0.2) is 14.8 Å². The first kappa shape index (κ1) is 16.9. The van der Waals surface area contributed by atoms with E-state index in [9.17, 15) is 4.79 Å². The van der Waals surface area contributed by atoms with Crippen LogP contribution in [0.15, 0.2) is 35.7 Å². The number of carbonyl (C=O) groups excluding carboxylic acids is 1. The molecule has 134 valence electrons. The van der Waals surface area contributed by atoms with E-state index in [1.54, 1.807) is 6.92 Å². The van der Waals surface area contributed by atoms with E-state index in [2.05, 4.69) is 27.0 Å². The minimum Gasteiger partial charge on any atom is -0.461 e. The van der Waals surface area contributed by atoms with Gasteiger partial charge in [0.25, 0.3) is 0 Å². The molecule has 3 aromatic rings. The summed E-state index contributed by atoms with van der Waals surface area (Å²) in [5, 5.41) is 1.91.